The molecule has 0 fully saturated rings. The summed E-state index contributed by atoms with van der Waals surface area (Å²) in [5.41, 5.74) is 4.12. The normalized spacial score (nSPS) is 11.2. The fourth-order valence-corrected chi connectivity index (χ4v) is 2.04. The Morgan fingerprint density at radius 3 is 2.38 bits per heavy atom. The van der Waals surface area contributed by atoms with Crippen molar-refractivity contribution >= 4 is 28.8 Å². The number of thiocarbonyl (C=S) groups is 1. The summed E-state index contributed by atoms with van der Waals surface area (Å²) in [5.74, 6) is 0.255. The van der Waals surface area contributed by atoms with Crippen LogP contribution in [0.5, 0.6) is 11.5 Å². The smallest absolute Gasteiger partial charge is 0.417 e. The van der Waals surface area contributed by atoms with Crippen LogP contribution in [0.25, 0.3) is 0 Å². The van der Waals surface area contributed by atoms with Crippen molar-refractivity contribution in [3.05, 3.63) is 58.6 Å². The summed E-state index contributed by atoms with van der Waals surface area (Å²) < 4.78 is 44.4. The Labute approximate surface area is 129 Å². The van der Waals surface area contributed by atoms with Gasteiger partial charge >= 0.3 is 6.18 Å². The lowest BCUT2D eigenvalue weighted by Gasteiger charge is -2.14. The van der Waals surface area contributed by atoms with Gasteiger partial charge in [-0.05, 0) is 30.3 Å². The molecule has 0 atom stereocenters. The van der Waals surface area contributed by atoms with E-state index in [4.69, 9.17) is 22.1 Å². The molecular formula is C14H9ClF3NOS. The molecule has 0 spiro atoms. The van der Waals surface area contributed by atoms with Gasteiger partial charge in [-0.25, -0.2) is 0 Å². The van der Waals surface area contributed by atoms with E-state index < -0.39 is 11.7 Å². The minimum Gasteiger partial charge on any atom is -0.456 e. The molecule has 0 aromatic heterocycles. The Morgan fingerprint density at radius 1 is 1.14 bits per heavy atom. The van der Waals surface area contributed by atoms with Crippen LogP contribution in [0.15, 0.2) is 42.5 Å². The number of halogens is 4. The van der Waals surface area contributed by atoms with Gasteiger partial charge in [-0.3, -0.25) is 0 Å². The van der Waals surface area contributed by atoms with Crippen LogP contribution in [-0.4, -0.2) is 4.99 Å². The lowest BCUT2D eigenvalue weighted by atomic mass is 10.1. The lowest BCUT2D eigenvalue weighted by Crippen LogP contribution is -2.17. The van der Waals surface area contributed by atoms with Crippen molar-refractivity contribution in [2.24, 2.45) is 5.73 Å². The molecule has 21 heavy (non-hydrogen) atoms. The van der Waals surface area contributed by atoms with Crippen molar-refractivity contribution in [3.63, 3.8) is 0 Å². The van der Waals surface area contributed by atoms with Gasteiger partial charge in [0.05, 0.1) is 10.6 Å². The molecular weight excluding hydrogens is 323 g/mol. The van der Waals surface area contributed by atoms with Crippen molar-refractivity contribution < 1.29 is 17.9 Å². The highest BCUT2D eigenvalue weighted by Crippen LogP contribution is 2.36. The van der Waals surface area contributed by atoms with Gasteiger partial charge in [0.15, 0.2) is 0 Å². The largest absolute Gasteiger partial charge is 0.456 e. The Hall–Kier alpha value is -1.79. The molecule has 0 aliphatic carbocycles. The van der Waals surface area contributed by atoms with E-state index in [-0.39, 0.29) is 22.1 Å². The second kappa shape index (κ2) is 5.91. The van der Waals surface area contributed by atoms with E-state index in [1.54, 1.807) is 24.3 Å². The van der Waals surface area contributed by atoms with Gasteiger partial charge in [0.2, 0.25) is 0 Å². The first-order valence-corrected chi connectivity index (χ1v) is 6.51. The van der Waals surface area contributed by atoms with E-state index in [0.717, 1.165) is 6.07 Å². The van der Waals surface area contributed by atoms with Gasteiger partial charge in [-0.1, -0.05) is 36.0 Å². The fourth-order valence-electron chi connectivity index (χ4n) is 1.69. The lowest BCUT2D eigenvalue weighted by molar-refractivity contribution is -0.137. The summed E-state index contributed by atoms with van der Waals surface area (Å²) in [6.07, 6.45) is -4.58. The first kappa shape index (κ1) is 15.6. The molecule has 0 aliphatic rings. The van der Waals surface area contributed by atoms with Crippen LogP contribution in [0.4, 0.5) is 13.2 Å². The van der Waals surface area contributed by atoms with Crippen LogP contribution in [0, 0.1) is 0 Å². The fraction of sp³-hybridized carbons (Fsp3) is 0.0714. The molecule has 2 nitrogen and oxygen atoms in total. The van der Waals surface area contributed by atoms with Gasteiger partial charge in [0.25, 0.3) is 0 Å². The third-order valence-corrected chi connectivity index (χ3v) is 3.16. The standard InChI is InChI=1S/C14H9ClF3NOS/c15-11-3-1-2-4-12(11)20-8-5-6-9(13(19)21)10(7-8)14(16,17)18/h1-7H,(H2,19,21). The van der Waals surface area contributed by atoms with E-state index >= 15 is 0 Å². The second-order valence-corrected chi connectivity index (χ2v) is 4.95. The molecule has 0 radical (unpaired) electrons. The van der Waals surface area contributed by atoms with Gasteiger partial charge in [-0.15, -0.1) is 0 Å². The molecule has 0 saturated carbocycles. The molecule has 0 saturated heterocycles. The Kier molecular flexibility index (Phi) is 4.39. The minimum absolute atomic E-state index is 0.00424. The Morgan fingerprint density at radius 2 is 1.81 bits per heavy atom. The maximum atomic E-state index is 13.0. The summed E-state index contributed by atoms with van der Waals surface area (Å²) in [7, 11) is 0. The number of ether oxygens (including phenoxy) is 1. The third-order valence-electron chi connectivity index (χ3n) is 2.63. The predicted molar refractivity (Wildman–Crippen MR) is 78.9 cm³/mol. The van der Waals surface area contributed by atoms with E-state index in [9.17, 15) is 13.2 Å². The van der Waals surface area contributed by atoms with Crippen LogP contribution in [-0.2, 0) is 6.18 Å². The van der Waals surface area contributed by atoms with Crippen LogP contribution in [0.1, 0.15) is 11.1 Å². The molecule has 0 bridgehead atoms. The third kappa shape index (κ3) is 3.65. The highest BCUT2D eigenvalue weighted by molar-refractivity contribution is 7.80. The molecule has 7 heteroatoms. The number of hydrogen-bond acceptors (Lipinski definition) is 2. The van der Waals surface area contributed by atoms with Gasteiger partial charge in [0, 0.05) is 5.56 Å². The number of para-hydroxylation sites is 1. The maximum Gasteiger partial charge on any atom is 0.417 e. The van der Waals surface area contributed by atoms with E-state index in [1.165, 1.54) is 12.1 Å². The highest BCUT2D eigenvalue weighted by atomic mass is 35.5. The number of nitrogens with two attached hydrogens (primary N) is 1. The zero-order valence-electron chi connectivity index (χ0n) is 10.4. The SMILES string of the molecule is NC(=S)c1ccc(Oc2ccccc2Cl)cc1C(F)(F)F. The van der Waals surface area contributed by atoms with Gasteiger partial charge < -0.3 is 10.5 Å². The van der Waals surface area contributed by atoms with E-state index in [1.807, 2.05) is 0 Å². The van der Waals surface area contributed by atoms with Crippen molar-refractivity contribution in [2.45, 2.75) is 6.18 Å². The van der Waals surface area contributed by atoms with E-state index in [2.05, 4.69) is 12.2 Å². The van der Waals surface area contributed by atoms with Crippen LogP contribution < -0.4 is 10.5 Å². The average molecular weight is 332 g/mol. The summed E-state index contributed by atoms with van der Waals surface area (Å²) in [6, 6.07) is 9.85. The second-order valence-electron chi connectivity index (χ2n) is 4.10. The van der Waals surface area contributed by atoms with Gasteiger partial charge in [-0.2, -0.15) is 13.2 Å². The molecule has 110 valence electrons. The van der Waals surface area contributed by atoms with E-state index in [0.29, 0.717) is 5.02 Å². The molecule has 2 N–H and O–H groups in total. The number of benzene rings is 2. The first-order chi connectivity index (χ1) is 9.79. The number of rotatable bonds is 3. The average Bonchev–Trinajstić information content (AvgIpc) is 2.40. The van der Waals surface area contributed by atoms with Crippen molar-refractivity contribution in [1.29, 1.82) is 0 Å². The zero-order valence-corrected chi connectivity index (χ0v) is 12.0. The monoisotopic (exact) mass is 331 g/mol. The first-order valence-electron chi connectivity index (χ1n) is 5.72. The van der Waals surface area contributed by atoms with Crippen molar-refractivity contribution in [1.82, 2.24) is 0 Å². The summed E-state index contributed by atoms with van der Waals surface area (Å²) in [4.78, 5) is -0.327. The van der Waals surface area contributed by atoms with Crippen LogP contribution in [0.3, 0.4) is 0 Å². The van der Waals surface area contributed by atoms with Crippen LogP contribution >= 0.6 is 23.8 Å². The Balaban J connectivity index is 2.43. The number of hydrogen-bond donors (Lipinski definition) is 1. The van der Waals surface area contributed by atoms with Crippen LogP contribution in [0.2, 0.25) is 5.02 Å². The summed E-state index contributed by atoms with van der Waals surface area (Å²) in [6.45, 7) is 0. The molecule has 2 aromatic rings. The Bertz CT molecular complexity index is 688. The van der Waals surface area contributed by atoms with Gasteiger partial charge in [0.1, 0.15) is 16.5 Å². The molecule has 0 aliphatic heterocycles. The summed E-state index contributed by atoms with van der Waals surface area (Å²) >= 11 is 10.5. The topological polar surface area (TPSA) is 35.2 Å². The predicted octanol–water partition coefficient (Wildman–Crippen LogP) is 4.79. The molecule has 0 heterocycles. The molecule has 2 aromatic carbocycles. The maximum absolute atomic E-state index is 13.0. The van der Waals surface area contributed by atoms with Crippen molar-refractivity contribution in [3.8, 4) is 11.5 Å². The molecule has 0 unspecified atom stereocenters. The summed E-state index contributed by atoms with van der Waals surface area (Å²) in [5, 5.41) is 0.296. The molecule has 0 amide bonds. The molecule has 2 rings (SSSR count). The quantitative estimate of drug-likeness (QED) is 0.822. The zero-order chi connectivity index (χ0) is 15.6. The minimum atomic E-state index is -4.58. The highest BCUT2D eigenvalue weighted by Gasteiger charge is 2.34. The van der Waals surface area contributed by atoms with Crippen molar-refractivity contribution in [2.75, 3.05) is 0 Å². The number of alkyl halides is 3.